The van der Waals surface area contributed by atoms with E-state index < -0.39 is 17.2 Å². The van der Waals surface area contributed by atoms with Gasteiger partial charge in [0.25, 0.3) is 5.56 Å². The first-order valence-electron chi connectivity index (χ1n) is 11.0. The van der Waals surface area contributed by atoms with Crippen LogP contribution in [0.15, 0.2) is 64.3 Å². The van der Waals surface area contributed by atoms with Crippen LogP contribution in [0.4, 0.5) is 5.69 Å². The zero-order valence-electron chi connectivity index (χ0n) is 18.1. The Kier molecular flexibility index (Phi) is 5.80. The van der Waals surface area contributed by atoms with Gasteiger partial charge < -0.3 is 19.6 Å². The molecule has 5 rings (SSSR count). The number of hydrogen-bond donors (Lipinski definition) is 2. The molecule has 0 atom stereocenters. The summed E-state index contributed by atoms with van der Waals surface area (Å²) in [7, 11) is 0. The SMILES string of the molecule is O=C(Cn1c(=O)[nH]c2ccccc2c1=O)Nc1ccc2c(ccn2CCN2CCOCC2)c1. The number of hydrogen-bond acceptors (Lipinski definition) is 5. The molecule has 1 fully saturated rings. The van der Waals surface area contributed by atoms with Crippen LogP contribution in [0.3, 0.4) is 0 Å². The molecule has 0 spiro atoms. The van der Waals surface area contributed by atoms with Crippen molar-refractivity contribution in [2.75, 3.05) is 38.2 Å². The lowest BCUT2D eigenvalue weighted by Crippen LogP contribution is -2.38. The molecule has 0 unspecified atom stereocenters. The lowest BCUT2D eigenvalue weighted by molar-refractivity contribution is -0.116. The number of aromatic amines is 1. The van der Waals surface area contributed by atoms with E-state index in [-0.39, 0.29) is 6.54 Å². The molecule has 9 heteroatoms. The van der Waals surface area contributed by atoms with Gasteiger partial charge in [0.05, 0.1) is 24.1 Å². The zero-order chi connectivity index (χ0) is 22.8. The number of amides is 1. The molecule has 0 saturated carbocycles. The van der Waals surface area contributed by atoms with E-state index in [9.17, 15) is 14.4 Å². The second-order valence-electron chi connectivity index (χ2n) is 8.15. The normalized spacial score (nSPS) is 14.7. The molecule has 0 radical (unpaired) electrons. The molecule has 9 nitrogen and oxygen atoms in total. The third-order valence-corrected chi connectivity index (χ3v) is 6.01. The third kappa shape index (κ3) is 4.46. The topological polar surface area (TPSA) is 101 Å². The Morgan fingerprint density at radius 1 is 1.03 bits per heavy atom. The van der Waals surface area contributed by atoms with Crippen LogP contribution in [0, 0.1) is 0 Å². The van der Waals surface area contributed by atoms with Crippen LogP contribution < -0.4 is 16.6 Å². The van der Waals surface area contributed by atoms with Gasteiger partial charge >= 0.3 is 5.69 Å². The first kappa shape index (κ1) is 21.2. The molecule has 0 aliphatic carbocycles. The van der Waals surface area contributed by atoms with Crippen molar-refractivity contribution in [2.24, 2.45) is 0 Å². The zero-order valence-corrected chi connectivity index (χ0v) is 18.1. The van der Waals surface area contributed by atoms with E-state index in [0.717, 1.165) is 54.9 Å². The van der Waals surface area contributed by atoms with Gasteiger partial charge in [-0.1, -0.05) is 12.1 Å². The number of fused-ring (bicyclic) bond motifs is 2. The number of para-hydroxylation sites is 1. The highest BCUT2D eigenvalue weighted by molar-refractivity contribution is 5.94. The van der Waals surface area contributed by atoms with Crippen LogP contribution in [-0.2, 0) is 22.6 Å². The fourth-order valence-corrected chi connectivity index (χ4v) is 4.23. The summed E-state index contributed by atoms with van der Waals surface area (Å²) in [6.45, 7) is 4.96. The second kappa shape index (κ2) is 9.05. The molecule has 1 aliphatic heterocycles. The molecule has 1 amide bonds. The van der Waals surface area contributed by atoms with Crippen LogP contribution in [-0.4, -0.2) is 57.8 Å². The van der Waals surface area contributed by atoms with Crippen LogP contribution in [0.5, 0.6) is 0 Å². The van der Waals surface area contributed by atoms with Crippen molar-refractivity contribution < 1.29 is 9.53 Å². The molecular formula is C24H25N5O4. The summed E-state index contributed by atoms with van der Waals surface area (Å²) < 4.78 is 8.51. The number of benzene rings is 2. The minimum atomic E-state index is -0.610. The standard InChI is InChI=1S/C24H25N5O4/c30-22(16-29-23(31)19-3-1-2-4-20(19)26-24(29)32)25-18-5-6-21-17(15-18)7-8-28(21)10-9-27-11-13-33-14-12-27/h1-8,15H,9-14,16H2,(H,25,30)(H,26,32). The molecular weight excluding hydrogens is 422 g/mol. The van der Waals surface area contributed by atoms with E-state index in [1.807, 2.05) is 30.5 Å². The van der Waals surface area contributed by atoms with Crippen LogP contribution in [0.2, 0.25) is 0 Å². The number of morpholine rings is 1. The lowest BCUT2D eigenvalue weighted by atomic mass is 10.2. The van der Waals surface area contributed by atoms with Gasteiger partial charge in [-0.25, -0.2) is 4.79 Å². The van der Waals surface area contributed by atoms with E-state index in [1.165, 1.54) is 0 Å². The quantitative estimate of drug-likeness (QED) is 0.468. The Morgan fingerprint density at radius 3 is 2.70 bits per heavy atom. The van der Waals surface area contributed by atoms with Crippen LogP contribution in [0.25, 0.3) is 21.8 Å². The van der Waals surface area contributed by atoms with E-state index in [2.05, 4.69) is 19.8 Å². The Hall–Kier alpha value is -3.69. The Morgan fingerprint density at radius 2 is 1.85 bits per heavy atom. The van der Waals surface area contributed by atoms with Crippen molar-refractivity contribution in [1.82, 2.24) is 19.0 Å². The lowest BCUT2D eigenvalue weighted by Gasteiger charge is -2.26. The predicted octanol–water partition coefficient (Wildman–Crippen LogP) is 1.62. The highest BCUT2D eigenvalue weighted by Crippen LogP contribution is 2.21. The van der Waals surface area contributed by atoms with Gasteiger partial charge in [-0.3, -0.25) is 19.1 Å². The average molecular weight is 447 g/mol. The number of anilines is 1. The summed E-state index contributed by atoms with van der Waals surface area (Å²) in [5.74, 6) is -0.441. The number of nitrogens with one attached hydrogen (secondary N) is 2. The summed E-state index contributed by atoms with van der Waals surface area (Å²) in [5.41, 5.74) is 1.05. The number of aromatic nitrogens is 3. The van der Waals surface area contributed by atoms with Gasteiger partial charge in [0.2, 0.25) is 5.91 Å². The molecule has 0 bridgehead atoms. The predicted molar refractivity (Wildman–Crippen MR) is 127 cm³/mol. The molecule has 3 heterocycles. The first-order chi connectivity index (χ1) is 16.1. The van der Waals surface area contributed by atoms with Gasteiger partial charge in [-0.05, 0) is 36.4 Å². The largest absolute Gasteiger partial charge is 0.379 e. The van der Waals surface area contributed by atoms with E-state index in [0.29, 0.717) is 16.6 Å². The summed E-state index contributed by atoms with van der Waals surface area (Å²) in [5, 5.41) is 4.17. The summed E-state index contributed by atoms with van der Waals surface area (Å²) in [6, 6.07) is 14.5. The molecule has 1 aliphatic rings. The molecule has 33 heavy (non-hydrogen) atoms. The van der Waals surface area contributed by atoms with Crippen molar-refractivity contribution in [2.45, 2.75) is 13.1 Å². The number of ether oxygens (including phenoxy) is 1. The summed E-state index contributed by atoms with van der Waals surface area (Å²) >= 11 is 0. The highest BCUT2D eigenvalue weighted by atomic mass is 16.5. The minimum Gasteiger partial charge on any atom is -0.379 e. The average Bonchev–Trinajstić information content (AvgIpc) is 3.23. The Bertz CT molecular complexity index is 1430. The number of H-pyrrole nitrogens is 1. The van der Waals surface area contributed by atoms with Crippen molar-refractivity contribution in [3.8, 4) is 0 Å². The minimum absolute atomic E-state index is 0.363. The first-order valence-corrected chi connectivity index (χ1v) is 11.0. The molecule has 2 N–H and O–H groups in total. The second-order valence-corrected chi connectivity index (χ2v) is 8.15. The summed E-state index contributed by atoms with van der Waals surface area (Å²) in [4.78, 5) is 42.6. The third-order valence-electron chi connectivity index (χ3n) is 6.01. The van der Waals surface area contributed by atoms with Gasteiger partial charge in [0.15, 0.2) is 0 Å². The van der Waals surface area contributed by atoms with Crippen molar-refractivity contribution in [1.29, 1.82) is 0 Å². The Labute approximate surface area is 189 Å². The van der Waals surface area contributed by atoms with E-state index >= 15 is 0 Å². The molecule has 2 aromatic carbocycles. The number of nitrogens with zero attached hydrogens (tertiary/aromatic N) is 3. The number of rotatable bonds is 6. The van der Waals surface area contributed by atoms with Crippen LogP contribution >= 0.6 is 0 Å². The van der Waals surface area contributed by atoms with Crippen LogP contribution in [0.1, 0.15) is 0 Å². The monoisotopic (exact) mass is 447 g/mol. The number of carbonyl (C=O) groups is 1. The maximum Gasteiger partial charge on any atom is 0.329 e. The summed E-state index contributed by atoms with van der Waals surface area (Å²) in [6.07, 6.45) is 2.05. The van der Waals surface area contributed by atoms with Gasteiger partial charge in [-0.2, -0.15) is 0 Å². The maximum atomic E-state index is 12.6. The fourth-order valence-electron chi connectivity index (χ4n) is 4.23. The molecule has 2 aromatic heterocycles. The maximum absolute atomic E-state index is 12.6. The van der Waals surface area contributed by atoms with Gasteiger partial charge in [0.1, 0.15) is 6.54 Å². The van der Waals surface area contributed by atoms with Gasteiger partial charge in [0, 0.05) is 49.0 Å². The van der Waals surface area contributed by atoms with Crippen molar-refractivity contribution in [3.05, 3.63) is 75.6 Å². The molecule has 1 saturated heterocycles. The van der Waals surface area contributed by atoms with Crippen molar-refractivity contribution >= 4 is 33.4 Å². The highest BCUT2D eigenvalue weighted by Gasteiger charge is 2.13. The molecule has 170 valence electrons. The smallest absolute Gasteiger partial charge is 0.329 e. The van der Waals surface area contributed by atoms with Gasteiger partial charge in [-0.15, -0.1) is 0 Å². The Balaban J connectivity index is 1.28. The fraction of sp³-hybridized carbons (Fsp3) is 0.292. The van der Waals surface area contributed by atoms with E-state index in [1.54, 1.807) is 24.3 Å². The molecule has 4 aromatic rings. The van der Waals surface area contributed by atoms with E-state index in [4.69, 9.17) is 4.74 Å². The van der Waals surface area contributed by atoms with Crippen molar-refractivity contribution in [3.63, 3.8) is 0 Å². The number of carbonyl (C=O) groups excluding carboxylic acids is 1.